The van der Waals surface area contributed by atoms with Crippen molar-refractivity contribution < 1.29 is 4.74 Å². The second kappa shape index (κ2) is 5.19. The average Bonchev–Trinajstić information content (AvgIpc) is 2.62. The number of benzene rings is 3. The molecule has 0 fully saturated rings. The average molecular weight is 284 g/mol. The second-order valence-electron chi connectivity index (χ2n) is 5.43. The van der Waals surface area contributed by atoms with E-state index in [-0.39, 0.29) is 0 Å². The van der Waals surface area contributed by atoms with Gasteiger partial charge in [0.1, 0.15) is 0 Å². The van der Waals surface area contributed by atoms with Crippen molar-refractivity contribution in [3.63, 3.8) is 0 Å². The van der Waals surface area contributed by atoms with E-state index in [1.54, 1.807) is 6.26 Å². The largest absolute Gasteiger partial charge is 0.481 e. The summed E-state index contributed by atoms with van der Waals surface area (Å²) in [5, 5.41) is 2.44. The third-order valence-electron chi connectivity index (χ3n) is 4.17. The maximum Gasteiger partial charge on any atom is 0.177 e. The summed E-state index contributed by atoms with van der Waals surface area (Å²) in [6, 6.07) is 25.2. The fourth-order valence-electron chi connectivity index (χ4n) is 3.13. The summed E-state index contributed by atoms with van der Waals surface area (Å²) in [6.07, 6.45) is 7.88. The number of fused-ring (bicyclic) bond motifs is 1. The van der Waals surface area contributed by atoms with Gasteiger partial charge in [0.25, 0.3) is 0 Å². The summed E-state index contributed by atoms with van der Waals surface area (Å²) in [6.45, 7) is 0. The van der Waals surface area contributed by atoms with E-state index in [1.807, 2.05) is 12.1 Å². The molecule has 0 bridgehead atoms. The number of hydrogen-bond acceptors (Lipinski definition) is 1. The molecule has 0 N–H and O–H groups in total. The van der Waals surface area contributed by atoms with Crippen molar-refractivity contribution in [3.05, 3.63) is 108 Å². The SMILES string of the molecule is C1=COC(c2ccccc2)(c2cccc3ccccc23)C=C1. The van der Waals surface area contributed by atoms with Crippen molar-refractivity contribution in [2.24, 2.45) is 0 Å². The highest BCUT2D eigenvalue weighted by molar-refractivity contribution is 5.87. The van der Waals surface area contributed by atoms with Crippen molar-refractivity contribution in [2.45, 2.75) is 5.60 Å². The quantitative estimate of drug-likeness (QED) is 0.629. The fourth-order valence-corrected chi connectivity index (χ4v) is 3.13. The Labute approximate surface area is 130 Å². The smallest absolute Gasteiger partial charge is 0.177 e. The van der Waals surface area contributed by atoms with Gasteiger partial charge in [0, 0.05) is 11.1 Å². The molecular formula is C21H16O. The molecule has 1 heteroatoms. The van der Waals surface area contributed by atoms with Crippen LogP contribution in [0.5, 0.6) is 0 Å². The van der Waals surface area contributed by atoms with Crippen LogP contribution in [0.1, 0.15) is 11.1 Å². The molecule has 1 nitrogen and oxygen atoms in total. The minimum atomic E-state index is -0.573. The molecule has 0 radical (unpaired) electrons. The van der Waals surface area contributed by atoms with Gasteiger partial charge in [-0.3, -0.25) is 0 Å². The van der Waals surface area contributed by atoms with E-state index >= 15 is 0 Å². The summed E-state index contributed by atoms with van der Waals surface area (Å²) in [4.78, 5) is 0. The predicted octanol–water partition coefficient (Wildman–Crippen LogP) is 5.18. The normalized spacial score (nSPS) is 20.0. The van der Waals surface area contributed by atoms with Gasteiger partial charge >= 0.3 is 0 Å². The molecule has 1 aliphatic rings. The van der Waals surface area contributed by atoms with Crippen molar-refractivity contribution >= 4 is 10.8 Å². The highest BCUT2D eigenvalue weighted by Gasteiger charge is 2.35. The lowest BCUT2D eigenvalue weighted by atomic mass is 9.82. The first-order valence-electron chi connectivity index (χ1n) is 7.46. The predicted molar refractivity (Wildman–Crippen MR) is 90.5 cm³/mol. The Morgan fingerprint density at radius 2 is 1.45 bits per heavy atom. The number of ether oxygens (including phenoxy) is 1. The molecule has 0 spiro atoms. The van der Waals surface area contributed by atoms with Gasteiger partial charge in [-0.05, 0) is 22.9 Å². The van der Waals surface area contributed by atoms with Crippen LogP contribution in [0.3, 0.4) is 0 Å². The van der Waals surface area contributed by atoms with Crippen LogP contribution in [0.2, 0.25) is 0 Å². The molecule has 1 atom stereocenters. The summed E-state index contributed by atoms with van der Waals surface area (Å²) in [7, 11) is 0. The van der Waals surface area contributed by atoms with Crippen LogP contribution >= 0.6 is 0 Å². The zero-order valence-electron chi connectivity index (χ0n) is 12.1. The van der Waals surface area contributed by atoms with Gasteiger partial charge in [-0.25, -0.2) is 0 Å². The van der Waals surface area contributed by atoms with Crippen LogP contribution in [0.25, 0.3) is 10.8 Å². The molecule has 3 aromatic carbocycles. The fraction of sp³-hybridized carbons (Fsp3) is 0.0476. The lowest BCUT2D eigenvalue weighted by Gasteiger charge is -2.33. The molecule has 1 unspecified atom stereocenters. The van der Waals surface area contributed by atoms with E-state index in [0.29, 0.717) is 0 Å². The number of rotatable bonds is 2. The standard InChI is InChI=1S/C21H16O/c1-2-11-18(12-3-1)21(15-6-7-16-22-21)20-14-8-10-17-9-4-5-13-19(17)20/h1-16H. The lowest BCUT2D eigenvalue weighted by molar-refractivity contribution is 0.104. The van der Waals surface area contributed by atoms with Gasteiger partial charge in [0.2, 0.25) is 0 Å². The van der Waals surface area contributed by atoms with Crippen LogP contribution < -0.4 is 0 Å². The van der Waals surface area contributed by atoms with E-state index in [4.69, 9.17) is 4.74 Å². The minimum absolute atomic E-state index is 0.573. The van der Waals surface area contributed by atoms with Gasteiger partial charge in [-0.2, -0.15) is 0 Å². The summed E-state index contributed by atoms with van der Waals surface area (Å²) in [5.74, 6) is 0. The van der Waals surface area contributed by atoms with E-state index in [9.17, 15) is 0 Å². The molecule has 22 heavy (non-hydrogen) atoms. The van der Waals surface area contributed by atoms with Crippen LogP contribution in [0.15, 0.2) is 97.3 Å². The highest BCUT2D eigenvalue weighted by Crippen LogP contribution is 2.40. The van der Waals surface area contributed by atoms with E-state index in [1.165, 1.54) is 10.8 Å². The van der Waals surface area contributed by atoms with E-state index in [2.05, 4.69) is 78.9 Å². The highest BCUT2D eigenvalue weighted by atomic mass is 16.5. The van der Waals surface area contributed by atoms with Gasteiger partial charge < -0.3 is 4.74 Å². The van der Waals surface area contributed by atoms with Crippen LogP contribution in [0, 0.1) is 0 Å². The van der Waals surface area contributed by atoms with Crippen molar-refractivity contribution in [1.82, 2.24) is 0 Å². The molecule has 1 heterocycles. The molecule has 1 aliphatic heterocycles. The minimum Gasteiger partial charge on any atom is -0.481 e. The monoisotopic (exact) mass is 284 g/mol. The van der Waals surface area contributed by atoms with Gasteiger partial charge in [-0.1, -0.05) is 78.9 Å². The molecule has 0 saturated heterocycles. The first-order valence-corrected chi connectivity index (χ1v) is 7.46. The zero-order chi connectivity index (χ0) is 14.8. The Balaban J connectivity index is 2.03. The van der Waals surface area contributed by atoms with E-state index in [0.717, 1.165) is 11.1 Å². The molecule has 0 aromatic heterocycles. The first kappa shape index (κ1) is 12.9. The molecular weight excluding hydrogens is 268 g/mol. The number of allylic oxidation sites excluding steroid dienone is 2. The number of hydrogen-bond donors (Lipinski definition) is 0. The Kier molecular flexibility index (Phi) is 3.05. The van der Waals surface area contributed by atoms with Crippen LogP contribution in [-0.4, -0.2) is 0 Å². The lowest BCUT2D eigenvalue weighted by Crippen LogP contribution is -2.28. The Morgan fingerprint density at radius 3 is 2.27 bits per heavy atom. The second-order valence-corrected chi connectivity index (χ2v) is 5.43. The molecule has 0 amide bonds. The maximum atomic E-state index is 6.18. The van der Waals surface area contributed by atoms with Crippen molar-refractivity contribution in [2.75, 3.05) is 0 Å². The maximum absolute atomic E-state index is 6.18. The molecule has 106 valence electrons. The van der Waals surface area contributed by atoms with Gasteiger partial charge in [0.15, 0.2) is 5.60 Å². The summed E-state index contributed by atoms with van der Waals surface area (Å²) in [5.41, 5.74) is 1.72. The Bertz CT molecular complexity index is 856. The van der Waals surface area contributed by atoms with Gasteiger partial charge in [-0.15, -0.1) is 0 Å². The van der Waals surface area contributed by atoms with Crippen LogP contribution in [0.4, 0.5) is 0 Å². The topological polar surface area (TPSA) is 9.23 Å². The Hall–Kier alpha value is -2.80. The molecule has 0 aliphatic carbocycles. The van der Waals surface area contributed by atoms with Crippen molar-refractivity contribution in [3.8, 4) is 0 Å². The van der Waals surface area contributed by atoms with Gasteiger partial charge in [0.05, 0.1) is 6.26 Å². The molecule has 4 rings (SSSR count). The molecule has 3 aromatic rings. The third-order valence-corrected chi connectivity index (χ3v) is 4.17. The molecule has 0 saturated carbocycles. The third kappa shape index (κ3) is 1.94. The summed E-state index contributed by atoms with van der Waals surface area (Å²) < 4.78 is 6.18. The van der Waals surface area contributed by atoms with Crippen molar-refractivity contribution in [1.29, 1.82) is 0 Å². The first-order chi connectivity index (χ1) is 10.9. The van der Waals surface area contributed by atoms with E-state index < -0.39 is 5.60 Å². The van der Waals surface area contributed by atoms with Crippen LogP contribution in [-0.2, 0) is 10.3 Å². The zero-order valence-corrected chi connectivity index (χ0v) is 12.1. The summed E-state index contributed by atoms with van der Waals surface area (Å²) >= 11 is 0. The Morgan fingerprint density at radius 1 is 0.682 bits per heavy atom.